The zero-order chi connectivity index (χ0) is 13.2. The summed E-state index contributed by atoms with van der Waals surface area (Å²) in [6.45, 7) is 1.45. The van der Waals surface area contributed by atoms with Crippen LogP contribution in [-0.4, -0.2) is 4.57 Å². The minimum atomic E-state index is 0.582. The predicted molar refractivity (Wildman–Crippen MR) is 83.1 cm³/mol. The summed E-state index contributed by atoms with van der Waals surface area (Å²) in [5, 5.41) is 1.25. The van der Waals surface area contributed by atoms with Crippen LogP contribution in [0.5, 0.6) is 0 Å². The summed E-state index contributed by atoms with van der Waals surface area (Å²) in [4.78, 5) is 0. The normalized spacial score (nSPS) is 11.1. The van der Waals surface area contributed by atoms with Crippen LogP contribution in [0.3, 0.4) is 0 Å². The minimum absolute atomic E-state index is 0.582. The highest BCUT2D eigenvalue weighted by Crippen LogP contribution is 2.21. The molecule has 2 aromatic carbocycles. The average Bonchev–Trinajstić information content (AvgIpc) is 2.82. The van der Waals surface area contributed by atoms with E-state index in [2.05, 4.69) is 69.2 Å². The van der Waals surface area contributed by atoms with Gasteiger partial charge >= 0.3 is 0 Å². The number of benzene rings is 2. The van der Waals surface area contributed by atoms with Gasteiger partial charge in [-0.1, -0.05) is 40.2 Å². The van der Waals surface area contributed by atoms with E-state index < -0.39 is 0 Å². The highest BCUT2D eigenvalue weighted by atomic mass is 79.9. The van der Waals surface area contributed by atoms with Crippen molar-refractivity contribution < 1.29 is 0 Å². The smallest absolute Gasteiger partial charge is 0.0486 e. The lowest BCUT2D eigenvalue weighted by Gasteiger charge is -2.07. The van der Waals surface area contributed by atoms with E-state index in [1.165, 1.54) is 22.0 Å². The van der Waals surface area contributed by atoms with Gasteiger partial charge in [-0.25, -0.2) is 0 Å². The molecule has 0 saturated carbocycles. The molecule has 0 spiro atoms. The molecule has 2 nitrogen and oxygen atoms in total. The molecule has 1 heterocycles. The number of nitrogens with zero attached hydrogens (tertiary/aromatic N) is 1. The first kappa shape index (κ1) is 12.5. The van der Waals surface area contributed by atoms with Gasteiger partial charge in [0.2, 0.25) is 0 Å². The molecule has 3 rings (SSSR count). The molecule has 19 heavy (non-hydrogen) atoms. The van der Waals surface area contributed by atoms with Gasteiger partial charge in [0.15, 0.2) is 0 Å². The van der Waals surface area contributed by atoms with Crippen molar-refractivity contribution in [1.29, 1.82) is 0 Å². The summed E-state index contributed by atoms with van der Waals surface area (Å²) >= 11 is 3.51. The molecule has 0 amide bonds. The molecule has 0 radical (unpaired) electrons. The molecule has 3 heteroatoms. The summed E-state index contributed by atoms with van der Waals surface area (Å²) in [5.74, 6) is 0. The number of fused-ring (bicyclic) bond motifs is 1. The van der Waals surface area contributed by atoms with Crippen molar-refractivity contribution in [2.24, 2.45) is 5.73 Å². The fourth-order valence-corrected chi connectivity index (χ4v) is 2.88. The molecule has 1 aromatic heterocycles. The second kappa shape index (κ2) is 5.19. The van der Waals surface area contributed by atoms with Crippen LogP contribution in [0.15, 0.2) is 59.2 Å². The van der Waals surface area contributed by atoms with Crippen molar-refractivity contribution in [3.63, 3.8) is 0 Å². The van der Waals surface area contributed by atoms with Gasteiger partial charge in [0.1, 0.15) is 0 Å². The monoisotopic (exact) mass is 314 g/mol. The Hall–Kier alpha value is -1.58. The number of halogens is 1. The Kier molecular flexibility index (Phi) is 3.40. The molecule has 0 fully saturated rings. The summed E-state index contributed by atoms with van der Waals surface area (Å²) < 4.78 is 3.38. The lowest BCUT2D eigenvalue weighted by Crippen LogP contribution is -1.99. The quantitative estimate of drug-likeness (QED) is 0.780. The van der Waals surface area contributed by atoms with Gasteiger partial charge in [-0.05, 0) is 35.4 Å². The number of aromatic nitrogens is 1. The average molecular weight is 315 g/mol. The van der Waals surface area contributed by atoms with Gasteiger partial charge < -0.3 is 10.3 Å². The molecule has 96 valence electrons. The number of rotatable bonds is 3. The van der Waals surface area contributed by atoms with E-state index >= 15 is 0 Å². The van der Waals surface area contributed by atoms with Crippen molar-refractivity contribution >= 4 is 26.8 Å². The van der Waals surface area contributed by atoms with Crippen LogP contribution in [0.25, 0.3) is 10.9 Å². The minimum Gasteiger partial charge on any atom is -0.343 e. The molecule has 0 atom stereocenters. The fraction of sp³-hybridized carbons (Fsp3) is 0.125. The largest absolute Gasteiger partial charge is 0.343 e. The number of hydrogen-bond donors (Lipinski definition) is 1. The summed E-state index contributed by atoms with van der Waals surface area (Å²) in [6, 6.07) is 16.9. The molecular formula is C16H15BrN2. The Bertz CT molecular complexity index is 716. The van der Waals surface area contributed by atoms with Gasteiger partial charge in [0.05, 0.1) is 0 Å². The number of hydrogen-bond acceptors (Lipinski definition) is 1. The third-order valence-electron chi connectivity index (χ3n) is 3.37. The molecule has 0 aliphatic carbocycles. The van der Waals surface area contributed by atoms with Gasteiger partial charge in [0, 0.05) is 34.7 Å². The van der Waals surface area contributed by atoms with Crippen molar-refractivity contribution in [3.05, 3.63) is 70.3 Å². The lowest BCUT2D eigenvalue weighted by molar-refractivity contribution is 0.836. The topological polar surface area (TPSA) is 30.9 Å². The van der Waals surface area contributed by atoms with Crippen LogP contribution in [-0.2, 0) is 13.1 Å². The molecule has 2 N–H and O–H groups in total. The molecule has 0 bridgehead atoms. The summed E-state index contributed by atoms with van der Waals surface area (Å²) in [6.07, 6.45) is 2.13. The maximum absolute atomic E-state index is 5.78. The lowest BCUT2D eigenvalue weighted by atomic mass is 10.1. The molecule has 0 unspecified atom stereocenters. The van der Waals surface area contributed by atoms with E-state index in [-0.39, 0.29) is 0 Å². The van der Waals surface area contributed by atoms with Crippen molar-refractivity contribution in [2.45, 2.75) is 13.1 Å². The SMILES string of the molecule is NCc1cccc2c1ccn2Cc1cccc(Br)c1. The van der Waals surface area contributed by atoms with Crippen molar-refractivity contribution in [3.8, 4) is 0 Å². The van der Waals surface area contributed by atoms with Gasteiger partial charge in [0.25, 0.3) is 0 Å². The van der Waals surface area contributed by atoms with Gasteiger partial charge in [-0.2, -0.15) is 0 Å². The number of nitrogens with two attached hydrogens (primary N) is 1. The second-order valence-electron chi connectivity index (χ2n) is 4.63. The van der Waals surface area contributed by atoms with Crippen LogP contribution in [0, 0.1) is 0 Å². The third-order valence-corrected chi connectivity index (χ3v) is 3.86. The summed E-state index contributed by atoms with van der Waals surface area (Å²) in [5.41, 5.74) is 9.50. The van der Waals surface area contributed by atoms with Crippen LogP contribution in [0.4, 0.5) is 0 Å². The first-order valence-corrected chi connectivity index (χ1v) is 7.08. The maximum Gasteiger partial charge on any atom is 0.0486 e. The van der Waals surface area contributed by atoms with Gasteiger partial charge in [-0.15, -0.1) is 0 Å². The third kappa shape index (κ3) is 2.44. The van der Waals surface area contributed by atoms with Crippen LogP contribution in [0.2, 0.25) is 0 Å². The Morgan fingerprint density at radius 2 is 1.89 bits per heavy atom. The molecule has 0 aliphatic heterocycles. The standard InChI is InChI=1S/C16H15BrN2/c17-14-5-1-3-12(9-14)11-19-8-7-15-13(10-18)4-2-6-16(15)19/h1-9H,10-11,18H2. The van der Waals surface area contributed by atoms with E-state index in [9.17, 15) is 0 Å². The van der Waals surface area contributed by atoms with E-state index in [0.717, 1.165) is 11.0 Å². The van der Waals surface area contributed by atoms with E-state index in [4.69, 9.17) is 5.73 Å². The first-order chi connectivity index (χ1) is 9.28. The molecular weight excluding hydrogens is 300 g/mol. The Balaban J connectivity index is 2.02. The Labute approximate surface area is 121 Å². The predicted octanol–water partition coefficient (Wildman–Crippen LogP) is 3.91. The van der Waals surface area contributed by atoms with Crippen LogP contribution < -0.4 is 5.73 Å². The highest BCUT2D eigenvalue weighted by Gasteiger charge is 2.05. The molecule has 0 saturated heterocycles. The Morgan fingerprint density at radius 3 is 2.68 bits per heavy atom. The molecule has 0 aliphatic rings. The second-order valence-corrected chi connectivity index (χ2v) is 5.54. The maximum atomic E-state index is 5.78. The van der Waals surface area contributed by atoms with E-state index in [1.54, 1.807) is 0 Å². The van der Waals surface area contributed by atoms with Crippen LogP contribution in [0.1, 0.15) is 11.1 Å². The Morgan fingerprint density at radius 1 is 1.05 bits per heavy atom. The zero-order valence-electron chi connectivity index (χ0n) is 10.5. The summed E-state index contributed by atoms with van der Waals surface area (Å²) in [7, 11) is 0. The highest BCUT2D eigenvalue weighted by molar-refractivity contribution is 9.10. The van der Waals surface area contributed by atoms with Gasteiger partial charge in [-0.3, -0.25) is 0 Å². The fourth-order valence-electron chi connectivity index (χ4n) is 2.44. The van der Waals surface area contributed by atoms with Crippen LogP contribution >= 0.6 is 15.9 Å². The van der Waals surface area contributed by atoms with E-state index in [1.807, 2.05) is 6.07 Å². The van der Waals surface area contributed by atoms with Crippen molar-refractivity contribution in [2.75, 3.05) is 0 Å². The molecule has 3 aromatic rings. The van der Waals surface area contributed by atoms with Crippen molar-refractivity contribution in [1.82, 2.24) is 4.57 Å². The van der Waals surface area contributed by atoms with E-state index in [0.29, 0.717) is 6.54 Å². The zero-order valence-corrected chi connectivity index (χ0v) is 12.1. The first-order valence-electron chi connectivity index (χ1n) is 6.29.